The minimum absolute atomic E-state index is 0.0439. The molecule has 0 bridgehead atoms. The zero-order chi connectivity index (χ0) is 11.9. The first-order valence-corrected chi connectivity index (χ1v) is 6.58. The molecule has 1 saturated heterocycles. The lowest BCUT2D eigenvalue weighted by atomic mass is 10.0. The lowest BCUT2D eigenvalue weighted by molar-refractivity contribution is -0.0436. The van der Waals surface area contributed by atoms with Crippen LogP contribution in [0.3, 0.4) is 0 Å². The van der Waals surface area contributed by atoms with Crippen LogP contribution in [-0.2, 0) is 9.47 Å². The van der Waals surface area contributed by atoms with Gasteiger partial charge in [0.2, 0.25) is 0 Å². The Kier molecular flexibility index (Phi) is 6.32. The van der Waals surface area contributed by atoms with Crippen LogP contribution in [0.1, 0.15) is 40.0 Å². The second kappa shape index (κ2) is 7.25. The molecule has 0 spiro atoms. The third kappa shape index (κ3) is 5.83. The van der Waals surface area contributed by atoms with Crippen molar-refractivity contribution in [2.75, 3.05) is 39.5 Å². The van der Waals surface area contributed by atoms with Crippen LogP contribution in [0.5, 0.6) is 0 Å². The van der Waals surface area contributed by atoms with Gasteiger partial charge >= 0.3 is 0 Å². The molecule has 0 N–H and O–H groups in total. The van der Waals surface area contributed by atoms with Gasteiger partial charge in [0.05, 0.1) is 25.4 Å². The maximum Gasteiger partial charge on any atom is 0.0627 e. The van der Waals surface area contributed by atoms with Crippen LogP contribution < -0.4 is 0 Å². The average molecular weight is 229 g/mol. The summed E-state index contributed by atoms with van der Waals surface area (Å²) in [6.07, 6.45) is 3.66. The molecule has 16 heavy (non-hydrogen) atoms. The smallest absolute Gasteiger partial charge is 0.0627 e. The Balaban J connectivity index is 2.08. The fourth-order valence-corrected chi connectivity index (χ4v) is 1.95. The lowest BCUT2D eigenvalue weighted by Gasteiger charge is -2.30. The molecule has 1 aliphatic rings. The van der Waals surface area contributed by atoms with Crippen molar-refractivity contribution < 1.29 is 9.47 Å². The van der Waals surface area contributed by atoms with Gasteiger partial charge in [-0.1, -0.05) is 19.8 Å². The van der Waals surface area contributed by atoms with E-state index in [1.165, 1.54) is 12.8 Å². The fourth-order valence-electron chi connectivity index (χ4n) is 1.95. The van der Waals surface area contributed by atoms with Gasteiger partial charge in [0.1, 0.15) is 0 Å². The number of hydrogen-bond donors (Lipinski definition) is 0. The van der Waals surface area contributed by atoms with E-state index in [9.17, 15) is 0 Å². The van der Waals surface area contributed by atoms with E-state index >= 15 is 0 Å². The maximum absolute atomic E-state index is 5.95. The Labute approximate surface area is 100 Å². The number of nitrogens with zero attached hydrogens (tertiary/aromatic N) is 1. The van der Waals surface area contributed by atoms with E-state index in [-0.39, 0.29) is 5.60 Å². The molecule has 3 heteroatoms. The summed E-state index contributed by atoms with van der Waals surface area (Å²) in [5, 5.41) is 0. The van der Waals surface area contributed by atoms with E-state index in [1.807, 2.05) is 0 Å². The number of unbranched alkanes of at least 4 members (excludes halogenated alkanes) is 1. The molecule has 0 unspecified atom stereocenters. The van der Waals surface area contributed by atoms with E-state index in [0.717, 1.165) is 45.9 Å². The minimum Gasteiger partial charge on any atom is -0.379 e. The van der Waals surface area contributed by atoms with Crippen LogP contribution in [0.15, 0.2) is 0 Å². The Bertz CT molecular complexity index is 177. The summed E-state index contributed by atoms with van der Waals surface area (Å²) >= 11 is 0. The van der Waals surface area contributed by atoms with Crippen LogP contribution in [0.2, 0.25) is 0 Å². The third-order valence-electron chi connectivity index (χ3n) is 3.14. The first-order chi connectivity index (χ1) is 7.64. The van der Waals surface area contributed by atoms with Crippen molar-refractivity contribution >= 4 is 0 Å². The van der Waals surface area contributed by atoms with Crippen LogP contribution in [0, 0.1) is 0 Å². The summed E-state index contributed by atoms with van der Waals surface area (Å²) in [6, 6.07) is 0. The molecule has 1 heterocycles. The van der Waals surface area contributed by atoms with E-state index in [1.54, 1.807) is 0 Å². The van der Waals surface area contributed by atoms with Crippen molar-refractivity contribution in [1.82, 2.24) is 4.90 Å². The molecule has 0 saturated carbocycles. The molecule has 3 nitrogen and oxygen atoms in total. The zero-order valence-electron chi connectivity index (χ0n) is 11.1. The Morgan fingerprint density at radius 2 is 1.94 bits per heavy atom. The highest BCUT2D eigenvalue weighted by Crippen LogP contribution is 2.17. The quantitative estimate of drug-likeness (QED) is 0.668. The minimum atomic E-state index is 0.0439. The number of ether oxygens (including phenoxy) is 2. The molecule has 1 rings (SSSR count). The van der Waals surface area contributed by atoms with E-state index in [4.69, 9.17) is 9.47 Å². The molecular weight excluding hydrogens is 202 g/mol. The monoisotopic (exact) mass is 229 g/mol. The van der Waals surface area contributed by atoms with Gasteiger partial charge in [-0.05, 0) is 20.3 Å². The van der Waals surface area contributed by atoms with Gasteiger partial charge in [-0.25, -0.2) is 0 Å². The Morgan fingerprint density at radius 3 is 2.56 bits per heavy atom. The number of hydrogen-bond acceptors (Lipinski definition) is 3. The molecule has 1 fully saturated rings. The van der Waals surface area contributed by atoms with Gasteiger partial charge in [-0.3, -0.25) is 4.90 Å². The summed E-state index contributed by atoms with van der Waals surface area (Å²) < 4.78 is 11.3. The molecule has 0 aromatic rings. The van der Waals surface area contributed by atoms with Crippen LogP contribution in [0.25, 0.3) is 0 Å². The summed E-state index contributed by atoms with van der Waals surface area (Å²) in [4.78, 5) is 2.42. The van der Waals surface area contributed by atoms with Gasteiger partial charge in [0.25, 0.3) is 0 Å². The molecule has 0 aromatic heterocycles. The summed E-state index contributed by atoms with van der Waals surface area (Å²) in [5.41, 5.74) is 0.0439. The van der Waals surface area contributed by atoms with E-state index in [0.29, 0.717) is 0 Å². The lowest BCUT2D eigenvalue weighted by Crippen LogP contribution is -2.39. The topological polar surface area (TPSA) is 21.7 Å². The van der Waals surface area contributed by atoms with Crippen LogP contribution >= 0.6 is 0 Å². The van der Waals surface area contributed by atoms with Gasteiger partial charge in [-0.15, -0.1) is 0 Å². The number of morpholine rings is 1. The van der Waals surface area contributed by atoms with Crippen molar-refractivity contribution in [3.8, 4) is 0 Å². The molecule has 0 radical (unpaired) electrons. The molecule has 0 aromatic carbocycles. The molecule has 0 aliphatic carbocycles. The standard InChI is InChI=1S/C13H27NO2/c1-4-5-6-13(2,3)16-12-9-14-7-10-15-11-8-14/h4-12H2,1-3H3. The van der Waals surface area contributed by atoms with Gasteiger partial charge < -0.3 is 9.47 Å². The van der Waals surface area contributed by atoms with Crippen molar-refractivity contribution in [2.45, 2.75) is 45.6 Å². The second-order valence-corrected chi connectivity index (χ2v) is 5.17. The van der Waals surface area contributed by atoms with Crippen molar-refractivity contribution in [3.63, 3.8) is 0 Å². The summed E-state index contributed by atoms with van der Waals surface area (Å²) in [6.45, 7) is 12.4. The van der Waals surface area contributed by atoms with Crippen molar-refractivity contribution in [1.29, 1.82) is 0 Å². The van der Waals surface area contributed by atoms with Gasteiger partial charge in [0, 0.05) is 19.6 Å². The predicted octanol–water partition coefficient (Wildman–Crippen LogP) is 2.30. The molecule has 1 aliphatic heterocycles. The molecule has 0 amide bonds. The summed E-state index contributed by atoms with van der Waals surface area (Å²) in [5.74, 6) is 0. The first-order valence-electron chi connectivity index (χ1n) is 6.58. The predicted molar refractivity (Wildman–Crippen MR) is 66.8 cm³/mol. The van der Waals surface area contributed by atoms with Crippen LogP contribution in [-0.4, -0.2) is 50.0 Å². The number of rotatable bonds is 7. The zero-order valence-corrected chi connectivity index (χ0v) is 11.1. The molecule has 0 atom stereocenters. The summed E-state index contributed by atoms with van der Waals surface area (Å²) in [7, 11) is 0. The van der Waals surface area contributed by atoms with Crippen LogP contribution in [0.4, 0.5) is 0 Å². The average Bonchev–Trinajstić information content (AvgIpc) is 2.28. The third-order valence-corrected chi connectivity index (χ3v) is 3.14. The van der Waals surface area contributed by atoms with E-state index < -0.39 is 0 Å². The van der Waals surface area contributed by atoms with Crippen molar-refractivity contribution in [3.05, 3.63) is 0 Å². The Hall–Kier alpha value is -0.120. The molecule has 96 valence electrons. The Morgan fingerprint density at radius 1 is 1.25 bits per heavy atom. The second-order valence-electron chi connectivity index (χ2n) is 5.17. The maximum atomic E-state index is 5.95. The highest BCUT2D eigenvalue weighted by molar-refractivity contribution is 4.69. The highest BCUT2D eigenvalue weighted by Gasteiger charge is 2.18. The SMILES string of the molecule is CCCCC(C)(C)OCCN1CCOCC1. The van der Waals surface area contributed by atoms with Gasteiger partial charge in [-0.2, -0.15) is 0 Å². The molecular formula is C13H27NO2. The highest BCUT2D eigenvalue weighted by atomic mass is 16.5. The fraction of sp³-hybridized carbons (Fsp3) is 1.00. The largest absolute Gasteiger partial charge is 0.379 e. The van der Waals surface area contributed by atoms with Gasteiger partial charge in [0.15, 0.2) is 0 Å². The van der Waals surface area contributed by atoms with Crippen molar-refractivity contribution in [2.24, 2.45) is 0 Å². The first kappa shape index (κ1) is 13.9. The van der Waals surface area contributed by atoms with E-state index in [2.05, 4.69) is 25.7 Å². The normalized spacial score (nSPS) is 18.9.